The molecule has 1 aromatic heterocycles. The Morgan fingerprint density at radius 1 is 1.00 bits per heavy atom. The van der Waals surface area contributed by atoms with Crippen LogP contribution in [0.25, 0.3) is 22.3 Å². The van der Waals surface area contributed by atoms with Crippen molar-refractivity contribution in [1.29, 1.82) is 0 Å². The lowest BCUT2D eigenvalue weighted by atomic mass is 9.85. The van der Waals surface area contributed by atoms with Gasteiger partial charge in [0.2, 0.25) is 18.4 Å². The van der Waals surface area contributed by atoms with E-state index < -0.39 is 17.1 Å². The Kier molecular flexibility index (Phi) is 6.71. The van der Waals surface area contributed by atoms with Crippen molar-refractivity contribution >= 4 is 16.9 Å². The molecule has 0 aliphatic carbocycles. The van der Waals surface area contributed by atoms with Gasteiger partial charge in [-0.15, -0.1) is 0 Å². The standard InChI is InChI=1S/C31H29NO8/c1-37-25-12-19(13-26-30(25)39-17-38-26)20(14-27(36)32-10-6-3-7-11-32)28-21(33)15-22(34)29-23(35)16-24(40-31(28)29)18-8-4-2-5-9-18/h2,4-5,8-9,12-13,15-16,20,33-34H,3,6-7,10-11,14,17H2,1H3/t20-/m0/s1. The number of amides is 1. The average molecular weight is 544 g/mol. The van der Waals surface area contributed by atoms with Crippen molar-refractivity contribution < 1.29 is 33.6 Å². The van der Waals surface area contributed by atoms with Crippen LogP contribution in [0.4, 0.5) is 0 Å². The minimum atomic E-state index is -0.768. The number of rotatable bonds is 6. The van der Waals surface area contributed by atoms with Gasteiger partial charge in [0.25, 0.3) is 0 Å². The Labute approximate surface area is 230 Å². The molecule has 2 aliphatic rings. The Bertz CT molecular complexity index is 1640. The molecule has 3 heterocycles. The molecule has 40 heavy (non-hydrogen) atoms. The zero-order valence-corrected chi connectivity index (χ0v) is 22.0. The Morgan fingerprint density at radius 3 is 2.52 bits per heavy atom. The SMILES string of the molecule is COc1cc([C@H](CC(=O)N2CCCCC2)c2c(O)cc(O)c3c(=O)cc(-c4ccccc4)oc23)cc2c1OCO2. The quantitative estimate of drug-likeness (QED) is 0.343. The second-order valence-electron chi connectivity index (χ2n) is 10.0. The molecule has 0 spiro atoms. The first-order chi connectivity index (χ1) is 19.4. The molecule has 1 fully saturated rings. The number of fused-ring (bicyclic) bond motifs is 2. The summed E-state index contributed by atoms with van der Waals surface area (Å²) < 4.78 is 23.0. The van der Waals surface area contributed by atoms with E-state index in [2.05, 4.69) is 0 Å². The third-order valence-corrected chi connectivity index (χ3v) is 7.58. The molecule has 1 atom stereocenters. The summed E-state index contributed by atoms with van der Waals surface area (Å²) in [6.45, 7) is 1.34. The van der Waals surface area contributed by atoms with E-state index in [0.29, 0.717) is 41.5 Å². The van der Waals surface area contributed by atoms with E-state index >= 15 is 0 Å². The fraction of sp³-hybridized carbons (Fsp3) is 0.290. The first-order valence-electron chi connectivity index (χ1n) is 13.3. The highest BCUT2D eigenvalue weighted by Crippen LogP contribution is 2.48. The lowest BCUT2D eigenvalue weighted by molar-refractivity contribution is -0.132. The molecule has 1 amide bonds. The highest BCUT2D eigenvalue weighted by Gasteiger charge is 2.32. The van der Waals surface area contributed by atoms with Gasteiger partial charge in [0, 0.05) is 48.7 Å². The van der Waals surface area contributed by atoms with Crippen LogP contribution in [-0.4, -0.2) is 48.0 Å². The number of piperidine rings is 1. The first-order valence-corrected chi connectivity index (χ1v) is 13.3. The molecule has 1 saturated heterocycles. The van der Waals surface area contributed by atoms with Gasteiger partial charge in [-0.25, -0.2) is 0 Å². The van der Waals surface area contributed by atoms with E-state index in [1.54, 1.807) is 24.3 Å². The zero-order valence-electron chi connectivity index (χ0n) is 22.0. The minimum Gasteiger partial charge on any atom is -0.507 e. The number of hydrogen-bond donors (Lipinski definition) is 2. The van der Waals surface area contributed by atoms with Gasteiger partial charge >= 0.3 is 0 Å². The van der Waals surface area contributed by atoms with E-state index in [1.165, 1.54) is 13.2 Å². The fourth-order valence-electron chi connectivity index (χ4n) is 5.59. The van der Waals surface area contributed by atoms with Gasteiger partial charge in [-0.05, 0) is 37.0 Å². The summed E-state index contributed by atoms with van der Waals surface area (Å²) in [6, 6.07) is 15.0. The van der Waals surface area contributed by atoms with Crippen molar-refractivity contribution in [1.82, 2.24) is 4.90 Å². The predicted octanol–water partition coefficient (Wildman–Crippen LogP) is 5.14. The number of benzene rings is 3. The molecular formula is C31H29NO8. The van der Waals surface area contributed by atoms with Crippen LogP contribution in [0.5, 0.6) is 28.7 Å². The lowest BCUT2D eigenvalue weighted by Crippen LogP contribution is -2.36. The summed E-state index contributed by atoms with van der Waals surface area (Å²) in [6.07, 6.45) is 2.91. The van der Waals surface area contributed by atoms with Gasteiger partial charge < -0.3 is 33.7 Å². The average Bonchev–Trinajstić information content (AvgIpc) is 3.45. The van der Waals surface area contributed by atoms with Crippen molar-refractivity contribution in [3.05, 3.63) is 75.9 Å². The van der Waals surface area contributed by atoms with Crippen LogP contribution < -0.4 is 19.6 Å². The van der Waals surface area contributed by atoms with E-state index in [0.717, 1.165) is 25.3 Å². The second kappa shape index (κ2) is 10.5. The van der Waals surface area contributed by atoms with Crippen LogP contribution in [-0.2, 0) is 4.79 Å². The van der Waals surface area contributed by atoms with Crippen molar-refractivity contribution in [3.63, 3.8) is 0 Å². The monoisotopic (exact) mass is 543 g/mol. The predicted molar refractivity (Wildman–Crippen MR) is 147 cm³/mol. The third-order valence-electron chi connectivity index (χ3n) is 7.58. The molecule has 2 aliphatic heterocycles. The summed E-state index contributed by atoms with van der Waals surface area (Å²) in [5, 5.41) is 21.9. The maximum absolute atomic E-state index is 13.6. The summed E-state index contributed by atoms with van der Waals surface area (Å²) in [5.41, 5.74) is 1.01. The van der Waals surface area contributed by atoms with Gasteiger partial charge in [0.05, 0.1) is 7.11 Å². The number of phenolic OH excluding ortho intramolecular Hbond substituents is 2. The number of phenols is 2. The topological polar surface area (TPSA) is 119 Å². The Morgan fingerprint density at radius 2 is 1.77 bits per heavy atom. The Hall–Kier alpha value is -4.66. The molecule has 3 aromatic carbocycles. The van der Waals surface area contributed by atoms with E-state index in [4.69, 9.17) is 18.6 Å². The molecule has 0 saturated carbocycles. The fourth-order valence-corrected chi connectivity index (χ4v) is 5.59. The largest absolute Gasteiger partial charge is 0.507 e. The highest BCUT2D eigenvalue weighted by molar-refractivity contribution is 5.91. The molecular weight excluding hydrogens is 514 g/mol. The molecule has 9 nitrogen and oxygen atoms in total. The zero-order chi connectivity index (χ0) is 27.8. The van der Waals surface area contributed by atoms with Crippen LogP contribution in [0.3, 0.4) is 0 Å². The summed E-state index contributed by atoms with van der Waals surface area (Å²) in [7, 11) is 1.51. The summed E-state index contributed by atoms with van der Waals surface area (Å²) >= 11 is 0. The van der Waals surface area contributed by atoms with Gasteiger partial charge in [0.15, 0.2) is 16.9 Å². The van der Waals surface area contributed by atoms with Gasteiger partial charge in [-0.1, -0.05) is 30.3 Å². The summed E-state index contributed by atoms with van der Waals surface area (Å²) in [4.78, 5) is 28.8. The van der Waals surface area contributed by atoms with Crippen molar-refractivity contribution in [2.24, 2.45) is 0 Å². The maximum atomic E-state index is 13.6. The number of hydrogen-bond acceptors (Lipinski definition) is 8. The van der Waals surface area contributed by atoms with Crippen LogP contribution >= 0.6 is 0 Å². The molecule has 9 heteroatoms. The van der Waals surface area contributed by atoms with Gasteiger partial charge in [-0.3, -0.25) is 9.59 Å². The number of carbonyl (C=O) groups is 1. The number of likely N-dealkylation sites (tertiary alicyclic amines) is 1. The molecule has 206 valence electrons. The molecule has 6 rings (SSSR count). The number of methoxy groups -OCH3 is 1. The molecule has 4 aromatic rings. The third kappa shape index (κ3) is 4.57. The first kappa shape index (κ1) is 25.6. The van der Waals surface area contributed by atoms with Gasteiger partial charge in [-0.2, -0.15) is 0 Å². The van der Waals surface area contributed by atoms with Crippen LogP contribution in [0.2, 0.25) is 0 Å². The molecule has 0 unspecified atom stereocenters. The van der Waals surface area contributed by atoms with Crippen LogP contribution in [0.15, 0.2) is 63.8 Å². The normalized spacial score (nSPS) is 15.3. The lowest BCUT2D eigenvalue weighted by Gasteiger charge is -2.29. The molecule has 0 radical (unpaired) electrons. The number of ether oxygens (including phenoxy) is 3. The highest BCUT2D eigenvalue weighted by atomic mass is 16.7. The maximum Gasteiger partial charge on any atom is 0.231 e. The minimum absolute atomic E-state index is 0.0110. The van der Waals surface area contributed by atoms with Crippen LogP contribution in [0.1, 0.15) is 42.7 Å². The van der Waals surface area contributed by atoms with E-state index in [9.17, 15) is 19.8 Å². The van der Waals surface area contributed by atoms with E-state index in [1.807, 2.05) is 23.1 Å². The summed E-state index contributed by atoms with van der Waals surface area (Å²) in [5.74, 6) is 0.00556. The number of aromatic hydroxyl groups is 2. The number of nitrogens with zero attached hydrogens (tertiary/aromatic N) is 1. The molecule has 0 bridgehead atoms. The second-order valence-corrected chi connectivity index (χ2v) is 10.0. The van der Waals surface area contributed by atoms with Crippen molar-refractivity contribution in [2.45, 2.75) is 31.6 Å². The van der Waals surface area contributed by atoms with Crippen molar-refractivity contribution in [3.8, 4) is 40.1 Å². The van der Waals surface area contributed by atoms with Crippen molar-refractivity contribution in [2.75, 3.05) is 27.0 Å². The molecule has 2 N–H and O–H groups in total. The van der Waals surface area contributed by atoms with Crippen LogP contribution in [0, 0.1) is 0 Å². The van der Waals surface area contributed by atoms with E-state index in [-0.39, 0.29) is 47.2 Å². The smallest absolute Gasteiger partial charge is 0.231 e. The van der Waals surface area contributed by atoms with Gasteiger partial charge in [0.1, 0.15) is 28.2 Å². The Balaban J connectivity index is 1.58. The number of carbonyl (C=O) groups excluding carboxylic acids is 1.